The number of nitrogens with zero attached hydrogens (tertiary/aromatic N) is 1. The van der Waals surface area contributed by atoms with E-state index < -0.39 is 0 Å². The Labute approximate surface area is 73.4 Å². The fourth-order valence-electron chi connectivity index (χ4n) is 1.30. The number of hydrogen-bond donors (Lipinski definition) is 2. The normalized spacial score (nSPS) is 12.0. The minimum Gasteiger partial charge on any atom is -0.348 e. The molecular weight excluding hydrogens is 150 g/mol. The van der Waals surface area contributed by atoms with Crippen LogP contribution < -0.4 is 5.73 Å². The summed E-state index contributed by atoms with van der Waals surface area (Å²) in [5.74, 6) is 0. The third-order valence-electron chi connectivity index (χ3n) is 1.82. The maximum atomic E-state index is 5.48. The van der Waals surface area contributed by atoms with E-state index in [1.807, 2.05) is 0 Å². The molecule has 0 unspecified atom stereocenters. The molecule has 1 aromatic rings. The minimum atomic E-state index is 0.116. The molecule has 0 aromatic carbocycles. The van der Waals surface area contributed by atoms with Crippen molar-refractivity contribution in [1.82, 2.24) is 9.97 Å². The van der Waals surface area contributed by atoms with Crippen LogP contribution in [0.15, 0.2) is 6.33 Å². The van der Waals surface area contributed by atoms with E-state index in [9.17, 15) is 0 Å². The highest BCUT2D eigenvalue weighted by molar-refractivity contribution is 5.19. The van der Waals surface area contributed by atoms with Gasteiger partial charge >= 0.3 is 0 Å². The van der Waals surface area contributed by atoms with Gasteiger partial charge < -0.3 is 10.7 Å². The van der Waals surface area contributed by atoms with E-state index in [0.29, 0.717) is 6.54 Å². The number of hydrogen-bond acceptors (Lipinski definition) is 2. The molecule has 0 aliphatic carbocycles. The lowest BCUT2D eigenvalue weighted by atomic mass is 9.90. The van der Waals surface area contributed by atoms with Gasteiger partial charge in [0, 0.05) is 17.5 Å². The Bertz CT molecular complexity index is 245. The number of H-pyrrole nitrogens is 1. The molecule has 3 N–H and O–H groups in total. The predicted molar refractivity (Wildman–Crippen MR) is 50.0 cm³/mol. The summed E-state index contributed by atoms with van der Waals surface area (Å²) in [7, 11) is 0. The van der Waals surface area contributed by atoms with Crippen molar-refractivity contribution < 1.29 is 0 Å². The Morgan fingerprint density at radius 1 is 1.50 bits per heavy atom. The highest BCUT2D eigenvalue weighted by Crippen LogP contribution is 2.22. The second-order valence-corrected chi connectivity index (χ2v) is 4.02. The molecule has 12 heavy (non-hydrogen) atoms. The summed E-state index contributed by atoms with van der Waals surface area (Å²) < 4.78 is 0. The van der Waals surface area contributed by atoms with Crippen LogP contribution >= 0.6 is 0 Å². The molecule has 1 aromatic heterocycles. The summed E-state index contributed by atoms with van der Waals surface area (Å²) in [6.07, 6.45) is 2.62. The lowest BCUT2D eigenvalue weighted by Crippen LogP contribution is -2.16. The smallest absolute Gasteiger partial charge is 0.0925 e. The van der Waals surface area contributed by atoms with Gasteiger partial charge in [-0.05, 0) is 6.54 Å². The van der Waals surface area contributed by atoms with Crippen LogP contribution in [0.5, 0.6) is 0 Å². The van der Waals surface area contributed by atoms with Crippen molar-refractivity contribution in [2.45, 2.75) is 32.6 Å². The van der Waals surface area contributed by atoms with Gasteiger partial charge in [-0.15, -0.1) is 0 Å². The van der Waals surface area contributed by atoms with Gasteiger partial charge in [-0.2, -0.15) is 0 Å². The van der Waals surface area contributed by atoms with Gasteiger partial charge in [-0.1, -0.05) is 20.8 Å². The molecule has 1 rings (SSSR count). The average Bonchev–Trinajstić information content (AvgIpc) is 2.34. The van der Waals surface area contributed by atoms with E-state index >= 15 is 0 Å². The summed E-state index contributed by atoms with van der Waals surface area (Å²) in [5.41, 5.74) is 7.90. The molecule has 0 radical (unpaired) electrons. The van der Waals surface area contributed by atoms with Crippen molar-refractivity contribution in [3.8, 4) is 0 Å². The zero-order chi connectivity index (χ0) is 9.19. The largest absolute Gasteiger partial charge is 0.348 e. The molecule has 0 fully saturated rings. The summed E-state index contributed by atoms with van der Waals surface area (Å²) in [6, 6.07) is 0. The van der Waals surface area contributed by atoms with Crippen LogP contribution in [0.2, 0.25) is 0 Å². The first-order valence-corrected chi connectivity index (χ1v) is 4.28. The van der Waals surface area contributed by atoms with Crippen molar-refractivity contribution in [2.75, 3.05) is 6.54 Å². The number of aromatic amines is 1. The van der Waals surface area contributed by atoms with Crippen molar-refractivity contribution >= 4 is 0 Å². The molecule has 68 valence electrons. The summed E-state index contributed by atoms with van der Waals surface area (Å²) in [4.78, 5) is 7.42. The Morgan fingerprint density at radius 3 is 2.67 bits per heavy atom. The average molecular weight is 167 g/mol. The number of rotatable bonds is 2. The van der Waals surface area contributed by atoms with Crippen molar-refractivity contribution in [3.63, 3.8) is 0 Å². The van der Waals surface area contributed by atoms with Crippen LogP contribution in [0, 0.1) is 0 Å². The molecule has 1 heterocycles. The van der Waals surface area contributed by atoms with Crippen LogP contribution in [0.3, 0.4) is 0 Å². The molecule has 0 saturated heterocycles. The Kier molecular flexibility index (Phi) is 2.52. The lowest BCUT2D eigenvalue weighted by molar-refractivity contribution is 0.564. The SMILES string of the molecule is CC(C)(C)c1nc[nH]c1CCN. The second-order valence-electron chi connectivity index (χ2n) is 4.02. The molecule has 0 spiro atoms. The van der Waals surface area contributed by atoms with Gasteiger partial charge in [0.2, 0.25) is 0 Å². The van der Waals surface area contributed by atoms with Crippen molar-refractivity contribution in [2.24, 2.45) is 5.73 Å². The monoisotopic (exact) mass is 167 g/mol. The maximum Gasteiger partial charge on any atom is 0.0925 e. The van der Waals surface area contributed by atoms with E-state index in [-0.39, 0.29) is 5.41 Å². The molecule has 0 bridgehead atoms. The maximum absolute atomic E-state index is 5.48. The molecule has 0 atom stereocenters. The van der Waals surface area contributed by atoms with Crippen LogP contribution in [0.1, 0.15) is 32.2 Å². The van der Waals surface area contributed by atoms with E-state index in [1.165, 1.54) is 5.69 Å². The van der Waals surface area contributed by atoms with Gasteiger partial charge in [-0.25, -0.2) is 4.98 Å². The number of aromatic nitrogens is 2. The van der Waals surface area contributed by atoms with Crippen LogP contribution in [-0.4, -0.2) is 16.5 Å². The Morgan fingerprint density at radius 2 is 2.17 bits per heavy atom. The summed E-state index contributed by atoms with van der Waals surface area (Å²) >= 11 is 0. The van der Waals surface area contributed by atoms with E-state index in [4.69, 9.17) is 5.73 Å². The van der Waals surface area contributed by atoms with E-state index in [2.05, 4.69) is 30.7 Å². The molecule has 0 aliphatic heterocycles. The zero-order valence-corrected chi connectivity index (χ0v) is 8.02. The van der Waals surface area contributed by atoms with Crippen molar-refractivity contribution in [3.05, 3.63) is 17.7 Å². The van der Waals surface area contributed by atoms with Gasteiger partial charge in [-0.3, -0.25) is 0 Å². The minimum absolute atomic E-state index is 0.116. The first-order valence-electron chi connectivity index (χ1n) is 4.28. The fraction of sp³-hybridized carbons (Fsp3) is 0.667. The van der Waals surface area contributed by atoms with Gasteiger partial charge in [0.15, 0.2) is 0 Å². The molecular formula is C9H17N3. The highest BCUT2D eigenvalue weighted by Gasteiger charge is 2.19. The molecule has 0 amide bonds. The summed E-state index contributed by atoms with van der Waals surface area (Å²) in [5, 5.41) is 0. The van der Waals surface area contributed by atoms with E-state index in [0.717, 1.165) is 12.1 Å². The third kappa shape index (κ3) is 1.85. The Hall–Kier alpha value is -0.830. The quantitative estimate of drug-likeness (QED) is 0.695. The second kappa shape index (κ2) is 3.27. The molecule has 3 heteroatoms. The van der Waals surface area contributed by atoms with Crippen LogP contribution in [0.25, 0.3) is 0 Å². The first-order chi connectivity index (χ1) is 5.55. The van der Waals surface area contributed by atoms with Crippen LogP contribution in [-0.2, 0) is 11.8 Å². The lowest BCUT2D eigenvalue weighted by Gasteiger charge is -2.17. The zero-order valence-electron chi connectivity index (χ0n) is 8.02. The van der Waals surface area contributed by atoms with Gasteiger partial charge in [0.05, 0.1) is 12.0 Å². The van der Waals surface area contributed by atoms with Gasteiger partial charge in [0.25, 0.3) is 0 Å². The standard InChI is InChI=1S/C9H17N3/c1-9(2,3)8-7(4-5-10)11-6-12-8/h6H,4-5,10H2,1-3H3,(H,11,12). The van der Waals surface area contributed by atoms with E-state index in [1.54, 1.807) is 6.33 Å². The summed E-state index contributed by atoms with van der Waals surface area (Å²) in [6.45, 7) is 7.14. The van der Waals surface area contributed by atoms with Crippen LogP contribution in [0.4, 0.5) is 0 Å². The highest BCUT2D eigenvalue weighted by atomic mass is 14.9. The molecule has 0 saturated carbocycles. The van der Waals surface area contributed by atoms with Crippen molar-refractivity contribution in [1.29, 1.82) is 0 Å². The number of nitrogens with one attached hydrogen (secondary N) is 1. The predicted octanol–water partition coefficient (Wildman–Crippen LogP) is 1.21. The topological polar surface area (TPSA) is 54.7 Å². The van der Waals surface area contributed by atoms with Gasteiger partial charge in [0.1, 0.15) is 0 Å². The fourth-order valence-corrected chi connectivity index (χ4v) is 1.30. The third-order valence-corrected chi connectivity index (χ3v) is 1.82. The molecule has 0 aliphatic rings. The Balaban J connectivity index is 2.91. The molecule has 3 nitrogen and oxygen atoms in total. The number of nitrogens with two attached hydrogens (primary N) is 1. The number of imidazole rings is 1. The first kappa shape index (κ1) is 9.26.